The molecule has 0 amide bonds. The van der Waals surface area contributed by atoms with E-state index in [0.717, 1.165) is 5.56 Å². The Morgan fingerprint density at radius 3 is 2.87 bits per heavy atom. The number of hydrogen-bond donors (Lipinski definition) is 3. The largest absolute Gasteiger partial charge is 0.478 e. The van der Waals surface area contributed by atoms with Gasteiger partial charge in [-0.05, 0) is 29.9 Å². The molecule has 0 radical (unpaired) electrons. The maximum atomic E-state index is 10.7. The number of thiocarbonyl (C=S) groups is 1. The number of hydrogen-bond acceptors (Lipinski definition) is 2. The van der Waals surface area contributed by atoms with Crippen molar-refractivity contribution >= 4 is 23.3 Å². The smallest absolute Gasteiger partial charge is 0.335 e. The number of carboxylic acids is 1. The van der Waals surface area contributed by atoms with Gasteiger partial charge < -0.3 is 15.7 Å². The lowest BCUT2D eigenvalue weighted by atomic mass is 10.1. The molecule has 0 saturated carbocycles. The zero-order valence-electron chi connectivity index (χ0n) is 8.28. The Morgan fingerprint density at radius 2 is 2.27 bits per heavy atom. The molecule has 3 N–H and O–H groups in total. The Hall–Kier alpha value is -1.62. The molecule has 15 heavy (non-hydrogen) atoms. The molecule has 0 aliphatic rings. The van der Waals surface area contributed by atoms with E-state index in [1.165, 1.54) is 0 Å². The fraction of sp³-hybridized carbons (Fsp3) is 0.200. The molecule has 0 fully saturated rings. The van der Waals surface area contributed by atoms with Gasteiger partial charge in [-0.3, -0.25) is 0 Å². The van der Waals surface area contributed by atoms with Crippen molar-refractivity contribution in [3.63, 3.8) is 0 Å². The molecule has 0 atom stereocenters. The lowest BCUT2D eigenvalue weighted by Gasteiger charge is -2.07. The number of aromatic carboxylic acids is 1. The summed E-state index contributed by atoms with van der Waals surface area (Å²) in [5.41, 5.74) is 1.16. The van der Waals surface area contributed by atoms with Crippen LogP contribution in [0.4, 0.5) is 0 Å². The molecule has 0 heterocycles. The molecule has 80 valence electrons. The molecule has 0 unspecified atom stereocenters. The first-order chi connectivity index (χ1) is 7.13. The summed E-state index contributed by atoms with van der Waals surface area (Å²) in [6, 6.07) is 6.73. The van der Waals surface area contributed by atoms with Crippen molar-refractivity contribution in [1.82, 2.24) is 10.6 Å². The number of nitrogens with one attached hydrogen (secondary N) is 2. The fourth-order valence-electron chi connectivity index (χ4n) is 1.09. The predicted octanol–water partition coefficient (Wildman–Crippen LogP) is 0.979. The van der Waals surface area contributed by atoms with Crippen LogP contribution in [0.15, 0.2) is 24.3 Å². The van der Waals surface area contributed by atoms with Crippen molar-refractivity contribution in [2.45, 2.75) is 6.54 Å². The van der Waals surface area contributed by atoms with Crippen LogP contribution in [-0.4, -0.2) is 23.2 Å². The maximum Gasteiger partial charge on any atom is 0.335 e. The van der Waals surface area contributed by atoms with E-state index in [0.29, 0.717) is 11.7 Å². The molecule has 0 saturated heterocycles. The van der Waals surface area contributed by atoms with E-state index in [9.17, 15) is 4.79 Å². The SMILES string of the molecule is CNC(=S)NCc1cccc(C(=O)O)c1. The van der Waals surface area contributed by atoms with Gasteiger partial charge in [-0.15, -0.1) is 0 Å². The van der Waals surface area contributed by atoms with Crippen LogP contribution in [0.1, 0.15) is 15.9 Å². The van der Waals surface area contributed by atoms with Crippen LogP contribution in [0.25, 0.3) is 0 Å². The maximum absolute atomic E-state index is 10.7. The van der Waals surface area contributed by atoms with E-state index >= 15 is 0 Å². The van der Waals surface area contributed by atoms with E-state index < -0.39 is 5.97 Å². The second-order valence-corrected chi connectivity index (χ2v) is 3.35. The first-order valence-corrected chi connectivity index (χ1v) is 4.82. The van der Waals surface area contributed by atoms with Gasteiger partial charge in [0.05, 0.1) is 5.56 Å². The minimum absolute atomic E-state index is 0.282. The molecular weight excluding hydrogens is 212 g/mol. The topological polar surface area (TPSA) is 61.4 Å². The van der Waals surface area contributed by atoms with E-state index in [4.69, 9.17) is 17.3 Å². The summed E-state index contributed by atoms with van der Waals surface area (Å²) >= 11 is 4.90. The Labute approximate surface area is 93.3 Å². The third kappa shape index (κ3) is 3.55. The Bertz CT molecular complexity index is 379. The normalized spacial score (nSPS) is 9.40. The molecule has 5 heteroatoms. The van der Waals surface area contributed by atoms with Crippen LogP contribution in [0.2, 0.25) is 0 Å². The summed E-state index contributed by atoms with van der Waals surface area (Å²) < 4.78 is 0. The zero-order valence-corrected chi connectivity index (χ0v) is 9.10. The van der Waals surface area contributed by atoms with Crippen molar-refractivity contribution in [1.29, 1.82) is 0 Å². The van der Waals surface area contributed by atoms with Crippen LogP contribution >= 0.6 is 12.2 Å². The third-order valence-corrected chi connectivity index (χ3v) is 2.20. The van der Waals surface area contributed by atoms with Gasteiger partial charge in [0.15, 0.2) is 5.11 Å². The second kappa shape index (κ2) is 5.31. The van der Waals surface area contributed by atoms with Crippen molar-refractivity contribution < 1.29 is 9.90 Å². The summed E-state index contributed by atoms with van der Waals surface area (Å²) in [7, 11) is 1.73. The summed E-state index contributed by atoms with van der Waals surface area (Å²) in [6.45, 7) is 0.515. The third-order valence-electron chi connectivity index (χ3n) is 1.85. The van der Waals surface area contributed by atoms with Crippen molar-refractivity contribution in [2.24, 2.45) is 0 Å². The van der Waals surface area contributed by atoms with Crippen LogP contribution < -0.4 is 10.6 Å². The van der Waals surface area contributed by atoms with Gasteiger partial charge in [-0.2, -0.15) is 0 Å². The van der Waals surface area contributed by atoms with E-state index in [1.807, 2.05) is 6.07 Å². The van der Waals surface area contributed by atoms with Crippen LogP contribution in [0.5, 0.6) is 0 Å². The molecule has 0 bridgehead atoms. The molecule has 0 aliphatic carbocycles. The summed E-state index contributed by atoms with van der Waals surface area (Å²) in [5, 5.41) is 15.0. The molecule has 1 rings (SSSR count). The first-order valence-electron chi connectivity index (χ1n) is 4.41. The van der Waals surface area contributed by atoms with Crippen LogP contribution in [-0.2, 0) is 6.54 Å². The number of carbonyl (C=O) groups is 1. The predicted molar refractivity (Wildman–Crippen MR) is 61.9 cm³/mol. The Morgan fingerprint density at radius 1 is 1.53 bits per heavy atom. The molecule has 4 nitrogen and oxygen atoms in total. The highest BCUT2D eigenvalue weighted by atomic mass is 32.1. The average Bonchev–Trinajstić information content (AvgIpc) is 2.26. The number of benzene rings is 1. The quantitative estimate of drug-likeness (QED) is 0.668. The monoisotopic (exact) mass is 224 g/mol. The van der Waals surface area contributed by atoms with Gasteiger partial charge in [0.2, 0.25) is 0 Å². The average molecular weight is 224 g/mol. The fourth-order valence-corrected chi connectivity index (χ4v) is 1.16. The second-order valence-electron chi connectivity index (χ2n) is 2.94. The van der Waals surface area contributed by atoms with Crippen molar-refractivity contribution in [2.75, 3.05) is 7.05 Å². The zero-order chi connectivity index (χ0) is 11.3. The molecule has 0 spiro atoms. The first kappa shape index (κ1) is 11.5. The molecular formula is C10H12N2O2S. The van der Waals surface area contributed by atoms with Gasteiger partial charge >= 0.3 is 5.97 Å². The summed E-state index contributed by atoms with van der Waals surface area (Å²) in [5.74, 6) is -0.923. The lowest BCUT2D eigenvalue weighted by molar-refractivity contribution is 0.0697. The van der Waals surface area contributed by atoms with Gasteiger partial charge in [0.1, 0.15) is 0 Å². The summed E-state index contributed by atoms with van der Waals surface area (Å²) in [6.07, 6.45) is 0. The highest BCUT2D eigenvalue weighted by Crippen LogP contribution is 2.04. The number of carboxylic acid groups (broad SMARTS) is 1. The summed E-state index contributed by atoms with van der Waals surface area (Å²) in [4.78, 5) is 10.7. The molecule has 1 aromatic carbocycles. The van der Waals surface area contributed by atoms with Crippen molar-refractivity contribution in [3.8, 4) is 0 Å². The number of rotatable bonds is 3. The highest BCUT2D eigenvalue weighted by Gasteiger charge is 2.02. The standard InChI is InChI=1S/C10H12N2O2S/c1-11-10(15)12-6-7-3-2-4-8(5-7)9(13)14/h2-5H,6H2,1H3,(H,13,14)(H2,11,12,15). The highest BCUT2D eigenvalue weighted by molar-refractivity contribution is 7.80. The molecule has 0 aliphatic heterocycles. The Kier molecular flexibility index (Phi) is 4.05. The van der Waals surface area contributed by atoms with Crippen LogP contribution in [0.3, 0.4) is 0 Å². The minimum Gasteiger partial charge on any atom is -0.478 e. The van der Waals surface area contributed by atoms with Crippen LogP contribution in [0, 0.1) is 0 Å². The Balaban J connectivity index is 2.66. The van der Waals surface area contributed by atoms with Crippen molar-refractivity contribution in [3.05, 3.63) is 35.4 Å². The molecule has 1 aromatic rings. The van der Waals surface area contributed by atoms with Gasteiger partial charge in [-0.1, -0.05) is 12.1 Å². The molecule has 0 aromatic heterocycles. The van der Waals surface area contributed by atoms with Gasteiger partial charge in [-0.25, -0.2) is 4.79 Å². The minimum atomic E-state index is -0.923. The van der Waals surface area contributed by atoms with Gasteiger partial charge in [0, 0.05) is 13.6 Å². The van der Waals surface area contributed by atoms with Gasteiger partial charge in [0.25, 0.3) is 0 Å². The van der Waals surface area contributed by atoms with E-state index in [2.05, 4.69) is 10.6 Å². The lowest BCUT2D eigenvalue weighted by Crippen LogP contribution is -2.31. The van der Waals surface area contributed by atoms with E-state index in [1.54, 1.807) is 25.2 Å². The van der Waals surface area contributed by atoms with E-state index in [-0.39, 0.29) is 5.56 Å².